The normalized spacial score (nSPS) is 23.4. The van der Waals surface area contributed by atoms with Gasteiger partial charge in [0.25, 0.3) is 0 Å². The first kappa shape index (κ1) is 16.9. The molecule has 2 rings (SSSR count). The highest BCUT2D eigenvalue weighted by molar-refractivity contribution is 7.91. The van der Waals surface area contributed by atoms with E-state index in [1.807, 2.05) is 13.8 Å². The van der Waals surface area contributed by atoms with E-state index in [1.165, 1.54) is 17.8 Å². The molecule has 1 aliphatic carbocycles. The van der Waals surface area contributed by atoms with Crippen molar-refractivity contribution < 1.29 is 8.42 Å². The minimum absolute atomic E-state index is 0.0957. The summed E-state index contributed by atoms with van der Waals surface area (Å²) in [5, 5.41) is 3.25. The molecule has 0 amide bonds. The molecule has 0 aliphatic heterocycles. The summed E-state index contributed by atoms with van der Waals surface area (Å²) in [6.45, 7) is 7.85. The zero-order valence-electron chi connectivity index (χ0n) is 13.1. The van der Waals surface area contributed by atoms with Crippen LogP contribution >= 0.6 is 11.3 Å². The Balaban J connectivity index is 2.08. The number of rotatable bonds is 6. The van der Waals surface area contributed by atoms with E-state index in [0.29, 0.717) is 10.1 Å². The Bertz CT molecular complexity index is 566. The first-order valence-electron chi connectivity index (χ1n) is 7.74. The van der Waals surface area contributed by atoms with Crippen LogP contribution in [0.2, 0.25) is 0 Å². The lowest BCUT2D eigenvalue weighted by atomic mass is 9.88. The van der Waals surface area contributed by atoms with E-state index in [0.717, 1.165) is 42.8 Å². The van der Waals surface area contributed by atoms with Gasteiger partial charge in [-0.1, -0.05) is 26.7 Å². The second-order valence-corrected chi connectivity index (χ2v) is 9.12. The highest BCUT2D eigenvalue weighted by Gasteiger charge is 2.26. The van der Waals surface area contributed by atoms with Gasteiger partial charge in [0.1, 0.15) is 4.21 Å². The molecule has 120 valence electrons. The van der Waals surface area contributed by atoms with Gasteiger partial charge in [-0.2, -0.15) is 0 Å². The van der Waals surface area contributed by atoms with Crippen LogP contribution in [0.5, 0.6) is 0 Å². The Morgan fingerprint density at radius 3 is 2.81 bits per heavy atom. The molecule has 0 spiro atoms. The van der Waals surface area contributed by atoms with Gasteiger partial charge in [-0.15, -0.1) is 11.3 Å². The van der Waals surface area contributed by atoms with Gasteiger partial charge in [0.15, 0.2) is 0 Å². The molecule has 1 heterocycles. The molecule has 1 saturated carbocycles. The Kier molecular flexibility index (Phi) is 5.82. The van der Waals surface area contributed by atoms with Crippen molar-refractivity contribution in [3.05, 3.63) is 16.5 Å². The summed E-state index contributed by atoms with van der Waals surface area (Å²) in [7, 11) is -3.37. The molecule has 0 bridgehead atoms. The predicted octanol–water partition coefficient (Wildman–Crippen LogP) is 3.02. The van der Waals surface area contributed by atoms with Crippen LogP contribution in [0.15, 0.2) is 10.3 Å². The van der Waals surface area contributed by atoms with Gasteiger partial charge < -0.3 is 5.32 Å². The Labute approximate surface area is 132 Å². The molecular formula is C15H26N2O2S2. The maximum atomic E-state index is 12.5. The average Bonchev–Trinajstić information content (AvgIpc) is 2.78. The molecule has 0 aromatic carbocycles. The van der Waals surface area contributed by atoms with E-state index in [9.17, 15) is 8.42 Å². The monoisotopic (exact) mass is 330 g/mol. The van der Waals surface area contributed by atoms with Crippen LogP contribution in [-0.2, 0) is 16.6 Å². The molecule has 0 radical (unpaired) electrons. The van der Waals surface area contributed by atoms with Crippen LogP contribution in [0.3, 0.4) is 0 Å². The van der Waals surface area contributed by atoms with Crippen LogP contribution in [0, 0.1) is 12.8 Å². The van der Waals surface area contributed by atoms with Crippen LogP contribution in [0.1, 0.15) is 50.0 Å². The third-order valence-corrected chi connectivity index (χ3v) is 7.29. The minimum atomic E-state index is -3.37. The SMILES string of the molecule is CCNCc1sc(S(=O)(=O)NC2CCCC(C)C2)cc1C. The predicted molar refractivity (Wildman–Crippen MR) is 88.2 cm³/mol. The fourth-order valence-electron chi connectivity index (χ4n) is 2.85. The molecule has 21 heavy (non-hydrogen) atoms. The van der Waals surface area contributed by atoms with Gasteiger partial charge in [0, 0.05) is 17.5 Å². The molecular weight excluding hydrogens is 304 g/mol. The highest BCUT2D eigenvalue weighted by Crippen LogP contribution is 2.28. The first-order valence-corrected chi connectivity index (χ1v) is 10.0. The fourth-order valence-corrected chi connectivity index (χ4v) is 5.71. The molecule has 0 saturated heterocycles. The molecule has 1 fully saturated rings. The molecule has 2 unspecified atom stereocenters. The second-order valence-electron chi connectivity index (χ2n) is 6.04. The standard InChI is InChI=1S/C15H26N2O2S2/c1-4-16-10-14-12(3)9-15(20-14)21(18,19)17-13-7-5-6-11(2)8-13/h9,11,13,16-17H,4-8,10H2,1-3H3. The Morgan fingerprint density at radius 1 is 1.38 bits per heavy atom. The zero-order chi connectivity index (χ0) is 15.5. The number of aryl methyl sites for hydroxylation is 1. The molecule has 1 aromatic heterocycles. The number of nitrogens with one attached hydrogen (secondary N) is 2. The van der Waals surface area contributed by atoms with Crippen molar-refractivity contribution in [1.29, 1.82) is 0 Å². The third-order valence-electron chi connectivity index (χ3n) is 4.06. The summed E-state index contributed by atoms with van der Waals surface area (Å²) < 4.78 is 28.4. The third kappa shape index (κ3) is 4.52. The van der Waals surface area contributed by atoms with Gasteiger partial charge in [-0.25, -0.2) is 13.1 Å². The summed E-state index contributed by atoms with van der Waals surface area (Å²) >= 11 is 1.38. The van der Waals surface area contributed by atoms with Gasteiger partial charge in [0.2, 0.25) is 10.0 Å². The van der Waals surface area contributed by atoms with Crippen molar-refractivity contribution in [1.82, 2.24) is 10.0 Å². The van der Waals surface area contributed by atoms with E-state index in [-0.39, 0.29) is 6.04 Å². The minimum Gasteiger partial charge on any atom is -0.312 e. The lowest BCUT2D eigenvalue weighted by Crippen LogP contribution is -2.37. The summed E-state index contributed by atoms with van der Waals surface area (Å²) in [6.07, 6.45) is 4.23. The van der Waals surface area contributed by atoms with Crippen molar-refractivity contribution in [3.8, 4) is 0 Å². The van der Waals surface area contributed by atoms with Crippen LogP contribution in [-0.4, -0.2) is 21.0 Å². The number of hydrogen-bond donors (Lipinski definition) is 2. The van der Waals surface area contributed by atoms with Crippen molar-refractivity contribution in [3.63, 3.8) is 0 Å². The van der Waals surface area contributed by atoms with E-state index in [2.05, 4.69) is 17.0 Å². The van der Waals surface area contributed by atoms with E-state index in [4.69, 9.17) is 0 Å². The topological polar surface area (TPSA) is 58.2 Å². The molecule has 1 aliphatic rings. The maximum Gasteiger partial charge on any atom is 0.250 e. The van der Waals surface area contributed by atoms with Crippen molar-refractivity contribution >= 4 is 21.4 Å². The molecule has 6 heteroatoms. The van der Waals surface area contributed by atoms with Gasteiger partial charge >= 0.3 is 0 Å². The van der Waals surface area contributed by atoms with Gasteiger partial charge in [-0.05, 0) is 43.9 Å². The molecule has 2 N–H and O–H groups in total. The van der Waals surface area contributed by atoms with Crippen LogP contribution < -0.4 is 10.0 Å². The average molecular weight is 331 g/mol. The highest BCUT2D eigenvalue weighted by atomic mass is 32.2. The number of thiophene rings is 1. The second kappa shape index (κ2) is 7.22. The molecule has 2 atom stereocenters. The van der Waals surface area contributed by atoms with Gasteiger partial charge in [-0.3, -0.25) is 0 Å². The summed E-state index contributed by atoms with van der Waals surface area (Å²) in [5.74, 6) is 0.612. The number of sulfonamides is 1. The summed E-state index contributed by atoms with van der Waals surface area (Å²) in [5.41, 5.74) is 1.05. The van der Waals surface area contributed by atoms with Crippen LogP contribution in [0.25, 0.3) is 0 Å². The first-order chi connectivity index (χ1) is 9.92. The lowest BCUT2D eigenvalue weighted by molar-refractivity contribution is 0.327. The van der Waals surface area contributed by atoms with E-state index < -0.39 is 10.0 Å². The van der Waals surface area contributed by atoms with Crippen molar-refractivity contribution in [2.45, 2.75) is 63.3 Å². The smallest absolute Gasteiger partial charge is 0.250 e. The quantitative estimate of drug-likeness (QED) is 0.843. The molecule has 4 nitrogen and oxygen atoms in total. The van der Waals surface area contributed by atoms with Crippen LogP contribution in [0.4, 0.5) is 0 Å². The number of hydrogen-bond acceptors (Lipinski definition) is 4. The maximum absolute atomic E-state index is 12.5. The molecule has 1 aromatic rings. The Morgan fingerprint density at radius 2 is 2.14 bits per heavy atom. The van der Waals surface area contributed by atoms with Crippen molar-refractivity contribution in [2.24, 2.45) is 5.92 Å². The Hall–Kier alpha value is -0.430. The van der Waals surface area contributed by atoms with Gasteiger partial charge in [0.05, 0.1) is 0 Å². The summed E-state index contributed by atoms with van der Waals surface area (Å²) in [6, 6.07) is 1.89. The largest absolute Gasteiger partial charge is 0.312 e. The van der Waals surface area contributed by atoms with E-state index in [1.54, 1.807) is 6.07 Å². The summed E-state index contributed by atoms with van der Waals surface area (Å²) in [4.78, 5) is 1.11. The van der Waals surface area contributed by atoms with E-state index >= 15 is 0 Å². The fraction of sp³-hybridized carbons (Fsp3) is 0.733. The van der Waals surface area contributed by atoms with Crippen molar-refractivity contribution in [2.75, 3.05) is 6.54 Å². The zero-order valence-corrected chi connectivity index (χ0v) is 14.7. The lowest BCUT2D eigenvalue weighted by Gasteiger charge is -2.26.